The van der Waals surface area contributed by atoms with Gasteiger partial charge in [0.2, 0.25) is 0 Å². The Hall–Kier alpha value is -1.40. The Morgan fingerprint density at radius 3 is 2.25 bits per heavy atom. The molecule has 0 fully saturated rings. The second kappa shape index (κ2) is 8.87. The van der Waals surface area contributed by atoms with Gasteiger partial charge in [-0.05, 0) is 6.92 Å². The van der Waals surface area contributed by atoms with E-state index in [-0.39, 0.29) is 13.2 Å². The van der Waals surface area contributed by atoms with Crippen LogP contribution in [0.3, 0.4) is 0 Å². The molecule has 0 spiro atoms. The largest absolute Gasteiger partial charge is 0.460 e. The van der Waals surface area contributed by atoms with Crippen molar-refractivity contribution in [1.29, 1.82) is 0 Å². The fourth-order valence-electron chi connectivity index (χ4n) is 0.661. The van der Waals surface area contributed by atoms with Crippen molar-refractivity contribution in [3.63, 3.8) is 0 Å². The Balaban J connectivity index is 3.71. The lowest BCUT2D eigenvalue weighted by Gasteiger charge is -2.03. The first kappa shape index (κ1) is 14.6. The van der Waals surface area contributed by atoms with Gasteiger partial charge in [0.15, 0.2) is 0 Å². The van der Waals surface area contributed by atoms with Crippen LogP contribution >= 0.6 is 0 Å². The molecule has 1 N–H and O–H groups in total. The second-order valence-corrected chi connectivity index (χ2v) is 2.97. The molecular weight excluding hydrogens is 216 g/mol. The fourth-order valence-corrected chi connectivity index (χ4v) is 0.661. The molecule has 1 unspecified atom stereocenters. The third kappa shape index (κ3) is 9.17. The van der Waals surface area contributed by atoms with Crippen molar-refractivity contribution >= 4 is 11.9 Å². The van der Waals surface area contributed by atoms with Crippen LogP contribution in [0.25, 0.3) is 0 Å². The molecule has 0 aromatic heterocycles. The smallest absolute Gasteiger partial charge is 0.331 e. The number of hydrogen-bond donors (Lipinski definition) is 1. The Kier molecular flexibility index (Phi) is 8.10. The number of aliphatic hydroxyl groups is 1. The van der Waals surface area contributed by atoms with Crippen molar-refractivity contribution in [2.75, 3.05) is 26.9 Å². The van der Waals surface area contributed by atoms with E-state index in [1.165, 1.54) is 14.0 Å². The van der Waals surface area contributed by atoms with Gasteiger partial charge in [0.1, 0.15) is 13.2 Å². The Morgan fingerprint density at radius 1 is 1.19 bits per heavy atom. The van der Waals surface area contributed by atoms with E-state index in [1.54, 1.807) is 0 Å². The average molecular weight is 232 g/mol. The van der Waals surface area contributed by atoms with Gasteiger partial charge in [0.25, 0.3) is 0 Å². The molecule has 1 atom stereocenters. The molecule has 0 bridgehead atoms. The summed E-state index contributed by atoms with van der Waals surface area (Å²) < 4.78 is 13.9. The predicted molar refractivity (Wildman–Crippen MR) is 54.6 cm³/mol. The number of ether oxygens (including phenoxy) is 3. The molecule has 0 aliphatic rings. The van der Waals surface area contributed by atoms with Crippen LogP contribution < -0.4 is 0 Å². The van der Waals surface area contributed by atoms with Crippen molar-refractivity contribution < 1.29 is 28.9 Å². The van der Waals surface area contributed by atoms with Crippen LogP contribution in [0.1, 0.15) is 6.92 Å². The van der Waals surface area contributed by atoms with E-state index >= 15 is 0 Å². The van der Waals surface area contributed by atoms with Gasteiger partial charge in [-0.3, -0.25) is 0 Å². The maximum absolute atomic E-state index is 10.9. The van der Waals surface area contributed by atoms with E-state index in [4.69, 9.17) is 5.11 Å². The van der Waals surface area contributed by atoms with Crippen LogP contribution in [-0.2, 0) is 23.8 Å². The molecule has 0 aromatic rings. The molecule has 16 heavy (non-hydrogen) atoms. The fraction of sp³-hybridized carbons (Fsp3) is 0.600. The number of hydrogen-bond acceptors (Lipinski definition) is 6. The van der Waals surface area contributed by atoms with Crippen molar-refractivity contribution in [3.05, 3.63) is 12.2 Å². The third-order valence-electron chi connectivity index (χ3n) is 1.35. The van der Waals surface area contributed by atoms with Crippen molar-refractivity contribution in [3.8, 4) is 0 Å². The second-order valence-electron chi connectivity index (χ2n) is 2.97. The topological polar surface area (TPSA) is 82.1 Å². The molecule has 0 amide bonds. The zero-order chi connectivity index (χ0) is 12.4. The SMILES string of the molecule is COCCOC(=O)C=CC(=O)OCC(C)O. The van der Waals surface area contributed by atoms with Gasteiger partial charge >= 0.3 is 11.9 Å². The minimum absolute atomic E-state index is 0.109. The lowest BCUT2D eigenvalue weighted by Crippen LogP contribution is -2.14. The Morgan fingerprint density at radius 2 is 1.75 bits per heavy atom. The van der Waals surface area contributed by atoms with Crippen molar-refractivity contribution in [1.82, 2.24) is 0 Å². The van der Waals surface area contributed by atoms with Crippen molar-refractivity contribution in [2.24, 2.45) is 0 Å². The lowest BCUT2D eigenvalue weighted by atomic mass is 10.4. The first-order chi connectivity index (χ1) is 7.56. The summed E-state index contributed by atoms with van der Waals surface area (Å²) >= 11 is 0. The number of methoxy groups -OCH3 is 1. The number of carbonyl (C=O) groups excluding carboxylic acids is 2. The highest BCUT2D eigenvalue weighted by atomic mass is 16.6. The normalized spacial score (nSPS) is 12.4. The summed E-state index contributed by atoms with van der Waals surface area (Å²) in [4.78, 5) is 21.9. The highest BCUT2D eigenvalue weighted by Gasteiger charge is 2.02. The van der Waals surface area contributed by atoms with Gasteiger partial charge < -0.3 is 19.3 Å². The first-order valence-electron chi connectivity index (χ1n) is 4.75. The van der Waals surface area contributed by atoms with Crippen LogP contribution in [0.5, 0.6) is 0 Å². The maximum atomic E-state index is 10.9. The van der Waals surface area contributed by atoms with Crippen LogP contribution in [0.2, 0.25) is 0 Å². The molecule has 0 radical (unpaired) electrons. The number of esters is 2. The van der Waals surface area contributed by atoms with Gasteiger partial charge in [-0.1, -0.05) is 0 Å². The molecule has 6 heteroatoms. The van der Waals surface area contributed by atoms with Crippen LogP contribution in [0.4, 0.5) is 0 Å². The molecule has 0 aliphatic heterocycles. The standard InChI is InChI=1S/C10H16O6/c1-8(11)7-16-10(13)4-3-9(12)15-6-5-14-2/h3-4,8,11H,5-7H2,1-2H3. The quantitative estimate of drug-likeness (QED) is 0.367. The van der Waals surface area contributed by atoms with E-state index < -0.39 is 18.0 Å². The van der Waals surface area contributed by atoms with E-state index in [2.05, 4.69) is 14.2 Å². The molecule has 92 valence electrons. The minimum atomic E-state index is -0.731. The number of aliphatic hydroxyl groups excluding tert-OH is 1. The molecule has 0 saturated carbocycles. The summed E-state index contributed by atoms with van der Waals surface area (Å²) in [5, 5.41) is 8.82. The summed E-state index contributed by atoms with van der Waals surface area (Å²) in [7, 11) is 1.48. The maximum Gasteiger partial charge on any atom is 0.331 e. The predicted octanol–water partition coefficient (Wildman–Crippen LogP) is -0.344. The summed E-state index contributed by atoms with van der Waals surface area (Å²) in [5.74, 6) is -1.35. The van der Waals surface area contributed by atoms with Crippen molar-refractivity contribution in [2.45, 2.75) is 13.0 Å². The minimum Gasteiger partial charge on any atom is -0.460 e. The average Bonchev–Trinajstić information content (AvgIpc) is 2.24. The molecule has 0 rings (SSSR count). The molecule has 0 aromatic carbocycles. The van der Waals surface area contributed by atoms with Gasteiger partial charge in [-0.15, -0.1) is 0 Å². The summed E-state index contributed by atoms with van der Waals surface area (Å²) in [6.45, 7) is 1.80. The van der Waals surface area contributed by atoms with Crippen LogP contribution in [0, 0.1) is 0 Å². The van der Waals surface area contributed by atoms with Gasteiger partial charge in [-0.2, -0.15) is 0 Å². The summed E-state index contributed by atoms with van der Waals surface area (Å²) in [6, 6.07) is 0. The highest BCUT2D eigenvalue weighted by molar-refractivity contribution is 5.91. The Labute approximate surface area is 93.8 Å². The number of rotatable bonds is 7. The number of carbonyl (C=O) groups is 2. The first-order valence-corrected chi connectivity index (χ1v) is 4.75. The Bertz CT molecular complexity index is 246. The van der Waals surface area contributed by atoms with E-state index in [1.807, 2.05) is 0 Å². The zero-order valence-corrected chi connectivity index (χ0v) is 9.34. The molecule has 6 nitrogen and oxygen atoms in total. The van der Waals surface area contributed by atoms with Gasteiger partial charge in [-0.25, -0.2) is 9.59 Å². The molecule has 0 heterocycles. The van der Waals surface area contributed by atoms with E-state index in [0.717, 1.165) is 12.2 Å². The van der Waals surface area contributed by atoms with Crippen LogP contribution in [-0.4, -0.2) is 50.1 Å². The van der Waals surface area contributed by atoms with E-state index in [0.29, 0.717) is 6.61 Å². The summed E-state index contributed by atoms with van der Waals surface area (Å²) in [6.07, 6.45) is 1.17. The monoisotopic (exact) mass is 232 g/mol. The van der Waals surface area contributed by atoms with E-state index in [9.17, 15) is 9.59 Å². The van der Waals surface area contributed by atoms with Gasteiger partial charge in [0, 0.05) is 19.3 Å². The summed E-state index contributed by atoms with van der Waals surface area (Å²) in [5.41, 5.74) is 0. The van der Waals surface area contributed by atoms with Crippen LogP contribution in [0.15, 0.2) is 12.2 Å². The highest BCUT2D eigenvalue weighted by Crippen LogP contribution is 1.88. The molecule has 0 aliphatic carbocycles. The molecular formula is C10H16O6. The lowest BCUT2D eigenvalue weighted by molar-refractivity contribution is -0.142. The van der Waals surface area contributed by atoms with Gasteiger partial charge in [0.05, 0.1) is 12.7 Å². The third-order valence-corrected chi connectivity index (χ3v) is 1.35. The zero-order valence-electron chi connectivity index (χ0n) is 9.34. The molecule has 0 saturated heterocycles.